The van der Waals surface area contributed by atoms with E-state index in [2.05, 4.69) is 21.2 Å². The molecule has 1 N–H and O–H groups in total. The Balaban J connectivity index is 2.39. The smallest absolute Gasteiger partial charge is 0.133 e. The summed E-state index contributed by atoms with van der Waals surface area (Å²) in [5.74, 6) is -0.990. The standard InChI is InChI=1S/C16H16BrF2N/c1-10-7-8-13(18)15(16(10)19)14(20-2)9-11-5-3-4-6-12(11)17/h3-8,14,20H,9H2,1-2H3. The molecule has 0 fully saturated rings. The summed E-state index contributed by atoms with van der Waals surface area (Å²) < 4.78 is 29.1. The molecule has 1 unspecified atom stereocenters. The highest BCUT2D eigenvalue weighted by Gasteiger charge is 2.21. The lowest BCUT2D eigenvalue weighted by atomic mass is 9.96. The van der Waals surface area contributed by atoms with Gasteiger partial charge in [-0.25, -0.2) is 8.78 Å². The van der Waals surface area contributed by atoms with Gasteiger partial charge in [0.1, 0.15) is 11.6 Å². The SMILES string of the molecule is CNC(Cc1ccccc1Br)c1c(F)ccc(C)c1F. The van der Waals surface area contributed by atoms with Crippen LogP contribution < -0.4 is 5.32 Å². The first-order valence-electron chi connectivity index (χ1n) is 6.39. The largest absolute Gasteiger partial charge is 0.313 e. The third kappa shape index (κ3) is 3.07. The Labute approximate surface area is 126 Å². The molecule has 0 heterocycles. The van der Waals surface area contributed by atoms with Gasteiger partial charge in [-0.3, -0.25) is 0 Å². The second-order valence-electron chi connectivity index (χ2n) is 4.73. The third-order valence-corrected chi connectivity index (χ3v) is 4.17. The molecule has 20 heavy (non-hydrogen) atoms. The molecule has 4 heteroatoms. The van der Waals surface area contributed by atoms with Crippen LogP contribution in [0.1, 0.15) is 22.7 Å². The Bertz CT molecular complexity index is 613. The molecule has 1 nitrogen and oxygen atoms in total. The van der Waals surface area contributed by atoms with E-state index in [-0.39, 0.29) is 5.56 Å². The van der Waals surface area contributed by atoms with Crippen molar-refractivity contribution in [1.82, 2.24) is 5.32 Å². The maximum atomic E-state index is 14.2. The molecule has 2 aromatic rings. The van der Waals surface area contributed by atoms with Crippen LogP contribution in [0, 0.1) is 18.6 Å². The van der Waals surface area contributed by atoms with Gasteiger partial charge < -0.3 is 5.32 Å². The lowest BCUT2D eigenvalue weighted by Crippen LogP contribution is -2.22. The number of halogens is 3. The first kappa shape index (κ1) is 15.1. The van der Waals surface area contributed by atoms with Crippen LogP contribution >= 0.6 is 15.9 Å². The molecule has 2 rings (SSSR count). The Hall–Kier alpha value is -1.26. The van der Waals surface area contributed by atoms with Crippen molar-refractivity contribution in [2.24, 2.45) is 0 Å². The average molecular weight is 340 g/mol. The van der Waals surface area contributed by atoms with Gasteiger partial charge in [-0.1, -0.05) is 40.2 Å². The van der Waals surface area contributed by atoms with Gasteiger partial charge in [-0.2, -0.15) is 0 Å². The van der Waals surface area contributed by atoms with Gasteiger partial charge in [0.2, 0.25) is 0 Å². The molecule has 0 aliphatic carbocycles. The third-order valence-electron chi connectivity index (χ3n) is 3.40. The van der Waals surface area contributed by atoms with Crippen molar-refractivity contribution < 1.29 is 8.78 Å². The summed E-state index contributed by atoms with van der Waals surface area (Å²) in [5.41, 5.74) is 1.56. The predicted octanol–water partition coefficient (Wildman–Crippen LogP) is 4.54. The van der Waals surface area contributed by atoms with Crippen molar-refractivity contribution in [2.45, 2.75) is 19.4 Å². The fourth-order valence-electron chi connectivity index (χ4n) is 2.23. The molecule has 0 amide bonds. The Morgan fingerprint density at radius 3 is 2.50 bits per heavy atom. The fraction of sp³-hybridized carbons (Fsp3) is 0.250. The number of nitrogens with one attached hydrogen (secondary N) is 1. The van der Waals surface area contributed by atoms with E-state index in [1.54, 1.807) is 14.0 Å². The van der Waals surface area contributed by atoms with E-state index in [0.717, 1.165) is 10.0 Å². The molecule has 0 aliphatic heterocycles. The normalized spacial score (nSPS) is 12.4. The van der Waals surface area contributed by atoms with Gasteiger partial charge in [0, 0.05) is 16.1 Å². The van der Waals surface area contributed by atoms with Crippen LogP contribution in [0.3, 0.4) is 0 Å². The Kier molecular flexibility index (Phi) is 4.89. The lowest BCUT2D eigenvalue weighted by molar-refractivity contribution is 0.485. The first-order valence-corrected chi connectivity index (χ1v) is 7.19. The summed E-state index contributed by atoms with van der Waals surface area (Å²) in [6, 6.07) is 10.1. The minimum atomic E-state index is -0.514. The number of likely N-dealkylation sites (N-methyl/N-ethyl adjacent to an activating group) is 1. The highest BCUT2D eigenvalue weighted by atomic mass is 79.9. The number of rotatable bonds is 4. The molecule has 0 aliphatic rings. The summed E-state index contributed by atoms with van der Waals surface area (Å²) in [5, 5.41) is 3.00. The molecule has 0 bridgehead atoms. The van der Waals surface area contributed by atoms with Crippen molar-refractivity contribution >= 4 is 15.9 Å². The summed E-state index contributed by atoms with van der Waals surface area (Å²) in [6.07, 6.45) is 0.509. The van der Waals surface area contributed by atoms with Crippen LogP contribution in [0.4, 0.5) is 8.78 Å². The van der Waals surface area contributed by atoms with E-state index in [0.29, 0.717) is 12.0 Å². The maximum absolute atomic E-state index is 14.2. The zero-order valence-electron chi connectivity index (χ0n) is 11.4. The van der Waals surface area contributed by atoms with Gasteiger partial charge in [0.25, 0.3) is 0 Å². The molecule has 2 aromatic carbocycles. The van der Waals surface area contributed by atoms with Crippen molar-refractivity contribution in [1.29, 1.82) is 0 Å². The van der Waals surface area contributed by atoms with E-state index in [9.17, 15) is 8.78 Å². The van der Waals surface area contributed by atoms with Crippen molar-refractivity contribution in [3.05, 3.63) is 69.2 Å². The summed E-state index contributed by atoms with van der Waals surface area (Å²) in [6.45, 7) is 1.64. The van der Waals surface area contributed by atoms with Crippen LogP contribution in [0.15, 0.2) is 40.9 Å². The highest BCUT2D eigenvalue weighted by molar-refractivity contribution is 9.10. The minimum absolute atomic E-state index is 0.100. The topological polar surface area (TPSA) is 12.0 Å². The van der Waals surface area contributed by atoms with Crippen LogP contribution in [-0.2, 0) is 6.42 Å². The summed E-state index contributed by atoms with van der Waals surface area (Å²) >= 11 is 3.46. The van der Waals surface area contributed by atoms with Gasteiger partial charge in [0.15, 0.2) is 0 Å². The van der Waals surface area contributed by atoms with Gasteiger partial charge in [-0.05, 0) is 43.7 Å². The minimum Gasteiger partial charge on any atom is -0.313 e. The number of hydrogen-bond acceptors (Lipinski definition) is 1. The molecule has 0 saturated heterocycles. The molecule has 106 valence electrons. The maximum Gasteiger partial charge on any atom is 0.133 e. The van der Waals surface area contributed by atoms with Crippen LogP contribution in [0.25, 0.3) is 0 Å². The molecule has 0 aromatic heterocycles. The van der Waals surface area contributed by atoms with Crippen molar-refractivity contribution in [2.75, 3.05) is 7.05 Å². The monoisotopic (exact) mass is 339 g/mol. The van der Waals surface area contributed by atoms with E-state index < -0.39 is 17.7 Å². The summed E-state index contributed by atoms with van der Waals surface area (Å²) in [4.78, 5) is 0. The van der Waals surface area contributed by atoms with Gasteiger partial charge >= 0.3 is 0 Å². The molecular formula is C16H16BrF2N. The predicted molar refractivity (Wildman–Crippen MR) is 80.7 cm³/mol. The van der Waals surface area contributed by atoms with Crippen molar-refractivity contribution in [3.8, 4) is 0 Å². The first-order chi connectivity index (χ1) is 9.54. The number of aryl methyl sites for hydroxylation is 1. The molecule has 0 spiro atoms. The van der Waals surface area contributed by atoms with Gasteiger partial charge in [0.05, 0.1) is 0 Å². The second-order valence-corrected chi connectivity index (χ2v) is 5.58. The van der Waals surface area contributed by atoms with Crippen LogP contribution in [0.2, 0.25) is 0 Å². The highest BCUT2D eigenvalue weighted by Crippen LogP contribution is 2.28. The van der Waals surface area contributed by atoms with Crippen molar-refractivity contribution in [3.63, 3.8) is 0 Å². The van der Waals surface area contributed by atoms with E-state index >= 15 is 0 Å². The fourth-order valence-corrected chi connectivity index (χ4v) is 2.68. The van der Waals surface area contributed by atoms with E-state index in [1.807, 2.05) is 24.3 Å². The Morgan fingerprint density at radius 1 is 1.15 bits per heavy atom. The number of hydrogen-bond donors (Lipinski definition) is 1. The Morgan fingerprint density at radius 2 is 1.85 bits per heavy atom. The zero-order valence-corrected chi connectivity index (χ0v) is 13.0. The average Bonchev–Trinajstić information content (AvgIpc) is 2.44. The molecule has 0 radical (unpaired) electrons. The lowest BCUT2D eigenvalue weighted by Gasteiger charge is -2.19. The zero-order chi connectivity index (χ0) is 14.7. The van der Waals surface area contributed by atoms with Crippen LogP contribution in [-0.4, -0.2) is 7.05 Å². The molecular weight excluding hydrogens is 324 g/mol. The van der Waals surface area contributed by atoms with Crippen LogP contribution in [0.5, 0.6) is 0 Å². The summed E-state index contributed by atoms with van der Waals surface area (Å²) in [7, 11) is 1.71. The second kappa shape index (κ2) is 6.46. The molecule has 1 atom stereocenters. The quantitative estimate of drug-likeness (QED) is 0.862. The number of benzene rings is 2. The van der Waals surface area contributed by atoms with E-state index in [1.165, 1.54) is 12.1 Å². The molecule has 0 saturated carbocycles. The van der Waals surface area contributed by atoms with E-state index in [4.69, 9.17) is 0 Å². The van der Waals surface area contributed by atoms with Gasteiger partial charge in [-0.15, -0.1) is 0 Å².